The second-order valence-electron chi connectivity index (χ2n) is 5.04. The van der Waals surface area contributed by atoms with Crippen molar-refractivity contribution in [2.45, 2.75) is 12.1 Å². The highest BCUT2D eigenvalue weighted by molar-refractivity contribution is 7.86. The molecule has 0 aliphatic carbocycles. The number of rotatable bonds is 6. The lowest BCUT2D eigenvalue weighted by atomic mass is 10.1. The van der Waals surface area contributed by atoms with Crippen molar-refractivity contribution >= 4 is 27.5 Å². The second-order valence-corrected chi connectivity index (χ2v) is 6.64. The fraction of sp³-hybridized carbons (Fsp3) is 0.385. The van der Waals surface area contributed by atoms with Crippen LogP contribution in [0.2, 0.25) is 0 Å². The highest BCUT2D eigenvalue weighted by Crippen LogP contribution is 2.29. The van der Waals surface area contributed by atoms with Crippen molar-refractivity contribution in [3.63, 3.8) is 0 Å². The number of nitrogens with zero attached hydrogens (tertiary/aromatic N) is 4. The topological polar surface area (TPSA) is 150 Å². The van der Waals surface area contributed by atoms with Crippen LogP contribution in [0.5, 0.6) is 0 Å². The van der Waals surface area contributed by atoms with Gasteiger partial charge in [0.1, 0.15) is 18.8 Å². The van der Waals surface area contributed by atoms with Crippen LogP contribution in [-0.4, -0.2) is 56.8 Å². The highest BCUT2D eigenvalue weighted by Gasteiger charge is 2.44. The van der Waals surface area contributed by atoms with E-state index in [1.165, 1.54) is 12.1 Å². The van der Waals surface area contributed by atoms with Crippen LogP contribution in [0, 0.1) is 0 Å². The molecule has 1 fully saturated rings. The lowest BCUT2D eigenvalue weighted by Gasteiger charge is -2.19. The molecule has 0 radical (unpaired) electrons. The van der Waals surface area contributed by atoms with Crippen molar-refractivity contribution in [3.8, 4) is 0 Å². The van der Waals surface area contributed by atoms with Crippen LogP contribution in [0.3, 0.4) is 0 Å². The van der Waals surface area contributed by atoms with Crippen LogP contribution in [-0.2, 0) is 19.1 Å². The van der Waals surface area contributed by atoms with Crippen LogP contribution < -0.4 is 4.90 Å². The minimum Gasteiger partial charge on any atom is -0.388 e. The van der Waals surface area contributed by atoms with Crippen LogP contribution in [0.15, 0.2) is 29.4 Å². The molecule has 0 aromatic heterocycles. The van der Waals surface area contributed by atoms with Crippen LogP contribution in [0.4, 0.5) is 5.69 Å². The van der Waals surface area contributed by atoms with Gasteiger partial charge in [-0.2, -0.15) is 8.42 Å². The Morgan fingerprint density at radius 1 is 1.50 bits per heavy atom. The van der Waals surface area contributed by atoms with Gasteiger partial charge in [-0.1, -0.05) is 17.2 Å². The number of amides is 1. The van der Waals surface area contributed by atoms with Gasteiger partial charge in [0.2, 0.25) is 5.91 Å². The molecule has 0 bridgehead atoms. The molecule has 11 heteroatoms. The summed E-state index contributed by atoms with van der Waals surface area (Å²) < 4.78 is 27.5. The zero-order valence-electron chi connectivity index (χ0n) is 12.6. The molecular weight excluding hydrogens is 340 g/mol. The average Bonchev–Trinajstić information content (AvgIpc) is 2.82. The number of aliphatic hydroxyl groups excluding tert-OH is 1. The van der Waals surface area contributed by atoms with Gasteiger partial charge in [-0.3, -0.25) is 13.8 Å². The molecule has 0 spiro atoms. The zero-order chi connectivity index (χ0) is 17.9. The predicted molar refractivity (Wildman–Crippen MR) is 82.9 cm³/mol. The fourth-order valence-corrected chi connectivity index (χ4v) is 3.04. The number of Topliss-reactive ketones (excluding diaryl/α,β-unsaturated/α-hetero) is 1. The molecule has 128 valence electrons. The Bertz CT molecular complexity index is 818. The Balaban J connectivity index is 2.44. The maximum Gasteiger partial charge on any atom is 0.264 e. The number of carbonyl (C=O) groups is 2. The van der Waals surface area contributed by atoms with Crippen molar-refractivity contribution in [1.29, 1.82) is 0 Å². The third-order valence-corrected chi connectivity index (χ3v) is 3.94. The maximum atomic E-state index is 12.5. The summed E-state index contributed by atoms with van der Waals surface area (Å²) in [4.78, 5) is 27.9. The first kappa shape index (κ1) is 17.9. The van der Waals surface area contributed by atoms with E-state index in [0.29, 0.717) is 0 Å². The number of benzene rings is 1. The molecule has 0 saturated carbocycles. The third-order valence-electron chi connectivity index (χ3n) is 3.35. The Morgan fingerprint density at radius 2 is 2.17 bits per heavy atom. The summed E-state index contributed by atoms with van der Waals surface area (Å²) in [6, 6.07) is 4.65. The first-order valence-electron chi connectivity index (χ1n) is 6.75. The van der Waals surface area contributed by atoms with Crippen molar-refractivity contribution in [2.24, 2.45) is 5.11 Å². The molecule has 1 amide bonds. The van der Waals surface area contributed by atoms with E-state index in [4.69, 9.17) is 14.8 Å². The number of ketones is 1. The summed E-state index contributed by atoms with van der Waals surface area (Å²) in [5.41, 5.74) is 8.86. The number of hydrogen-bond acceptors (Lipinski definition) is 7. The number of anilines is 1. The molecular formula is C13H14N4O6S. The molecule has 24 heavy (non-hydrogen) atoms. The normalized spacial score (nSPS) is 20.8. The number of para-hydroxylation sites is 1. The quantitative estimate of drug-likeness (QED) is 0.254. The monoisotopic (exact) mass is 354 g/mol. The first-order chi connectivity index (χ1) is 11.3. The molecule has 1 aromatic carbocycles. The first-order valence-corrected chi connectivity index (χ1v) is 8.57. The van der Waals surface area contributed by atoms with E-state index in [1.54, 1.807) is 12.1 Å². The zero-order valence-corrected chi connectivity index (χ0v) is 13.4. The molecule has 1 heterocycles. The van der Waals surface area contributed by atoms with Crippen molar-refractivity contribution in [2.75, 3.05) is 24.3 Å². The summed E-state index contributed by atoms with van der Waals surface area (Å²) in [6.45, 7) is -0.965. The molecule has 1 aromatic rings. The summed E-state index contributed by atoms with van der Waals surface area (Å²) in [6.07, 6.45) is -0.392. The summed E-state index contributed by atoms with van der Waals surface area (Å²) >= 11 is 0. The van der Waals surface area contributed by atoms with Crippen LogP contribution in [0.25, 0.3) is 10.4 Å². The predicted octanol–water partition coefficient (Wildman–Crippen LogP) is 0.232. The number of azide groups is 1. The SMILES string of the molecule is CS(=O)(=O)O[C@@H]1CN(c2ccccc2C(=O)CO)C(=O)[C@H]1N=[N+]=[N-]. The van der Waals surface area contributed by atoms with E-state index in [-0.39, 0.29) is 17.8 Å². The molecule has 0 unspecified atom stereocenters. The summed E-state index contributed by atoms with van der Waals surface area (Å²) in [5.74, 6) is -1.30. The van der Waals surface area contributed by atoms with Gasteiger partial charge in [0, 0.05) is 10.5 Å². The Morgan fingerprint density at radius 3 is 2.75 bits per heavy atom. The highest BCUT2D eigenvalue weighted by atomic mass is 32.2. The number of hydrogen-bond donors (Lipinski definition) is 1. The molecule has 1 N–H and O–H groups in total. The van der Waals surface area contributed by atoms with Gasteiger partial charge in [-0.05, 0) is 17.7 Å². The van der Waals surface area contributed by atoms with E-state index >= 15 is 0 Å². The van der Waals surface area contributed by atoms with Crippen molar-refractivity contribution < 1.29 is 27.3 Å². The van der Waals surface area contributed by atoms with Crippen molar-refractivity contribution in [3.05, 3.63) is 40.3 Å². The third kappa shape index (κ3) is 3.71. The standard InChI is InChI=1S/C13H14N4O6S/c1-24(21,22)23-11-6-17(13(20)12(11)15-16-14)9-5-3-2-4-8(9)10(19)7-18/h2-5,11-12,18H,6-7H2,1H3/t11-,12+/m1/s1. The van der Waals surface area contributed by atoms with Gasteiger partial charge < -0.3 is 10.0 Å². The summed E-state index contributed by atoms with van der Waals surface area (Å²) in [7, 11) is -3.89. The number of carbonyl (C=O) groups excluding carboxylic acids is 2. The largest absolute Gasteiger partial charge is 0.388 e. The van der Waals surface area contributed by atoms with Crippen molar-refractivity contribution in [1.82, 2.24) is 0 Å². The van der Waals surface area contributed by atoms with Gasteiger partial charge in [-0.15, -0.1) is 0 Å². The molecule has 1 saturated heterocycles. The average molecular weight is 354 g/mol. The molecule has 1 aliphatic rings. The maximum absolute atomic E-state index is 12.5. The van der Waals surface area contributed by atoms with E-state index < -0.39 is 40.6 Å². The molecule has 2 rings (SSSR count). The Hall–Kier alpha value is -2.46. The smallest absolute Gasteiger partial charge is 0.264 e. The Kier molecular flexibility index (Phi) is 5.20. The van der Waals surface area contributed by atoms with Gasteiger partial charge in [0.05, 0.1) is 18.5 Å². The fourth-order valence-electron chi connectivity index (χ4n) is 2.42. The van der Waals surface area contributed by atoms with Gasteiger partial charge in [0.25, 0.3) is 10.1 Å². The molecule has 10 nitrogen and oxygen atoms in total. The minimum absolute atomic E-state index is 0.0908. The van der Waals surface area contributed by atoms with Gasteiger partial charge in [-0.25, -0.2) is 0 Å². The van der Waals surface area contributed by atoms with Gasteiger partial charge >= 0.3 is 0 Å². The lowest BCUT2D eigenvalue weighted by Crippen LogP contribution is -2.30. The molecule has 2 atom stereocenters. The number of aliphatic hydroxyl groups is 1. The van der Waals surface area contributed by atoms with E-state index in [9.17, 15) is 18.0 Å². The summed E-state index contributed by atoms with van der Waals surface area (Å²) in [5, 5.41) is 12.3. The van der Waals surface area contributed by atoms with Gasteiger partial charge in [0.15, 0.2) is 5.78 Å². The van der Waals surface area contributed by atoms with E-state index in [2.05, 4.69) is 10.0 Å². The lowest BCUT2D eigenvalue weighted by molar-refractivity contribution is -0.118. The molecule has 1 aliphatic heterocycles. The van der Waals surface area contributed by atoms with Crippen LogP contribution in [0.1, 0.15) is 10.4 Å². The Labute approximate surface area is 137 Å². The minimum atomic E-state index is -3.89. The van der Waals surface area contributed by atoms with E-state index in [1.807, 2.05) is 0 Å². The second kappa shape index (κ2) is 6.97. The van der Waals surface area contributed by atoms with E-state index in [0.717, 1.165) is 11.2 Å². The van der Waals surface area contributed by atoms with Crippen LogP contribution >= 0.6 is 0 Å².